The van der Waals surface area contributed by atoms with Gasteiger partial charge >= 0.3 is 5.97 Å². The molecular weight excluding hydrogens is 486 g/mol. The molecule has 0 fully saturated rings. The highest BCUT2D eigenvalue weighted by Crippen LogP contribution is 2.38. The number of pyridine rings is 1. The summed E-state index contributed by atoms with van der Waals surface area (Å²) >= 11 is 1.71. The lowest BCUT2D eigenvalue weighted by Gasteiger charge is -2.13. The molecule has 4 rings (SSSR count). The van der Waals surface area contributed by atoms with Gasteiger partial charge in [-0.25, -0.2) is 4.98 Å². The zero-order chi connectivity index (χ0) is 26.2. The largest absolute Gasteiger partial charge is 0.491 e. The van der Waals surface area contributed by atoms with Crippen molar-refractivity contribution in [3.05, 3.63) is 76.8 Å². The zero-order valence-corrected chi connectivity index (χ0v) is 21.9. The molecule has 7 heteroatoms. The van der Waals surface area contributed by atoms with Crippen molar-refractivity contribution in [2.75, 3.05) is 20.3 Å². The summed E-state index contributed by atoms with van der Waals surface area (Å²) < 4.78 is 18.2. The van der Waals surface area contributed by atoms with E-state index >= 15 is 0 Å². The molecule has 1 unspecified atom stereocenters. The lowest BCUT2D eigenvalue weighted by molar-refractivity contribution is -0.137. The Morgan fingerprint density at radius 1 is 1.11 bits per heavy atom. The summed E-state index contributed by atoms with van der Waals surface area (Å²) in [6, 6.07) is 16.0. The van der Waals surface area contributed by atoms with Gasteiger partial charge in [0.05, 0.1) is 18.9 Å². The second-order valence-corrected chi connectivity index (χ2v) is 9.42. The molecule has 0 aliphatic carbocycles. The van der Waals surface area contributed by atoms with Crippen molar-refractivity contribution in [3.8, 4) is 34.6 Å². The Morgan fingerprint density at radius 3 is 2.70 bits per heavy atom. The molecule has 1 atom stereocenters. The zero-order valence-electron chi connectivity index (χ0n) is 21.1. The van der Waals surface area contributed by atoms with Crippen LogP contribution in [0.3, 0.4) is 0 Å². The van der Waals surface area contributed by atoms with Gasteiger partial charge in [0.15, 0.2) is 0 Å². The van der Waals surface area contributed by atoms with E-state index in [-0.39, 0.29) is 6.42 Å². The van der Waals surface area contributed by atoms with E-state index in [1.807, 2.05) is 18.2 Å². The van der Waals surface area contributed by atoms with Gasteiger partial charge in [0, 0.05) is 35.0 Å². The first-order valence-electron chi connectivity index (χ1n) is 11.9. The Morgan fingerprint density at radius 2 is 1.97 bits per heavy atom. The van der Waals surface area contributed by atoms with Crippen LogP contribution in [0.5, 0.6) is 11.6 Å². The lowest BCUT2D eigenvalue weighted by Crippen LogP contribution is -2.05. The monoisotopic (exact) mass is 515 g/mol. The van der Waals surface area contributed by atoms with Crippen LogP contribution in [0, 0.1) is 18.8 Å². The first-order valence-corrected chi connectivity index (χ1v) is 12.8. The third-order valence-electron chi connectivity index (χ3n) is 6.00. The maximum Gasteiger partial charge on any atom is 0.304 e. The highest BCUT2D eigenvalue weighted by molar-refractivity contribution is 7.17. The molecule has 0 bridgehead atoms. The number of nitrogens with zero attached hydrogens (tertiary/aromatic N) is 1. The van der Waals surface area contributed by atoms with Gasteiger partial charge in [-0.2, -0.15) is 0 Å². The Kier molecular flexibility index (Phi) is 8.78. The number of hydrogen-bond donors (Lipinski definition) is 1. The number of carboxylic acids is 1. The Bertz CT molecular complexity index is 1430. The fraction of sp³-hybridized carbons (Fsp3) is 0.267. The summed E-state index contributed by atoms with van der Waals surface area (Å²) in [5.41, 5.74) is 5.20. The van der Waals surface area contributed by atoms with Crippen molar-refractivity contribution < 1.29 is 24.1 Å². The van der Waals surface area contributed by atoms with Gasteiger partial charge in [0.25, 0.3) is 0 Å². The lowest BCUT2D eigenvalue weighted by atomic mass is 9.98. The van der Waals surface area contributed by atoms with Gasteiger partial charge < -0.3 is 19.3 Å². The molecule has 0 aliphatic heterocycles. The number of aliphatic carboxylic acids is 1. The second kappa shape index (κ2) is 12.4. The molecule has 0 spiro atoms. The average molecular weight is 516 g/mol. The third-order valence-corrected chi connectivity index (χ3v) is 6.97. The number of methoxy groups -OCH3 is 1. The number of thiophene rings is 1. The van der Waals surface area contributed by atoms with Gasteiger partial charge in [0.1, 0.15) is 19.0 Å². The minimum atomic E-state index is -0.892. The van der Waals surface area contributed by atoms with Gasteiger partial charge in [0.2, 0.25) is 5.88 Å². The highest BCUT2D eigenvalue weighted by Gasteiger charge is 2.15. The van der Waals surface area contributed by atoms with Crippen molar-refractivity contribution in [3.63, 3.8) is 0 Å². The molecule has 37 heavy (non-hydrogen) atoms. The normalized spacial score (nSPS) is 11.5. The molecule has 0 amide bonds. The van der Waals surface area contributed by atoms with E-state index in [9.17, 15) is 4.79 Å². The molecule has 6 nitrogen and oxygen atoms in total. The van der Waals surface area contributed by atoms with Gasteiger partial charge in [-0.3, -0.25) is 4.79 Å². The van der Waals surface area contributed by atoms with Crippen LogP contribution in [0.1, 0.15) is 36.0 Å². The predicted octanol–water partition coefficient (Wildman–Crippen LogP) is 6.46. The summed E-state index contributed by atoms with van der Waals surface area (Å²) in [6.45, 7) is 5.19. The molecule has 190 valence electrons. The molecule has 0 radical (unpaired) electrons. The topological polar surface area (TPSA) is 77.9 Å². The van der Waals surface area contributed by atoms with E-state index in [2.05, 4.69) is 53.4 Å². The molecule has 1 N–H and O–H groups in total. The van der Waals surface area contributed by atoms with E-state index in [0.717, 1.165) is 28.0 Å². The third kappa shape index (κ3) is 6.48. The number of rotatable bonds is 11. The highest BCUT2D eigenvalue weighted by atomic mass is 32.1. The van der Waals surface area contributed by atoms with Crippen molar-refractivity contribution in [2.24, 2.45) is 0 Å². The quantitative estimate of drug-likeness (QED) is 0.183. The summed E-state index contributed by atoms with van der Waals surface area (Å²) in [5.74, 6) is 5.78. The number of carbonyl (C=O) groups is 1. The number of carboxylic acid groups (broad SMARTS) is 1. The molecule has 0 aliphatic rings. The number of benzene rings is 2. The van der Waals surface area contributed by atoms with E-state index in [0.29, 0.717) is 25.7 Å². The van der Waals surface area contributed by atoms with Crippen LogP contribution in [0.4, 0.5) is 0 Å². The van der Waals surface area contributed by atoms with Crippen LogP contribution in [-0.2, 0) is 16.1 Å². The summed E-state index contributed by atoms with van der Waals surface area (Å²) in [5, 5.41) is 12.5. The van der Waals surface area contributed by atoms with Crippen LogP contribution in [0.15, 0.2) is 60.1 Å². The average Bonchev–Trinajstić information content (AvgIpc) is 3.31. The van der Waals surface area contributed by atoms with E-state index < -0.39 is 11.9 Å². The maximum absolute atomic E-state index is 11.1. The summed E-state index contributed by atoms with van der Waals surface area (Å²) in [4.78, 5) is 15.5. The number of hydrogen-bond acceptors (Lipinski definition) is 6. The second-order valence-electron chi connectivity index (χ2n) is 8.51. The Hall–Kier alpha value is -3.86. The fourth-order valence-corrected chi connectivity index (χ4v) is 5.05. The standard InChI is InChI=1S/C30H29NO5S/c1-4-6-22(16-30(32)33)23-10-12-29(31-17-23)36-18-21-9-11-28-25(15-21)26(19-37-28)24-7-5-8-27(20(24)2)35-14-13-34-3/h5,7-12,15,17,19,22H,13-14,16,18H2,1-3H3,(H,32,33). The van der Waals surface area contributed by atoms with Crippen LogP contribution in [0.25, 0.3) is 21.2 Å². The van der Waals surface area contributed by atoms with E-state index in [1.54, 1.807) is 37.6 Å². The number of ether oxygens (including phenoxy) is 3. The molecule has 4 aromatic rings. The Labute approximate surface area is 220 Å². The number of fused-ring (bicyclic) bond motifs is 1. The van der Waals surface area contributed by atoms with Crippen molar-refractivity contribution in [1.29, 1.82) is 0 Å². The van der Waals surface area contributed by atoms with Crippen LogP contribution in [0.2, 0.25) is 0 Å². The molecule has 2 heterocycles. The Balaban J connectivity index is 1.51. The SMILES string of the molecule is CC#CC(CC(=O)O)c1ccc(OCc2ccc3scc(-c4cccc(OCCOC)c4C)c3c2)nc1. The van der Waals surface area contributed by atoms with Crippen LogP contribution >= 0.6 is 11.3 Å². The fourth-order valence-electron chi connectivity index (χ4n) is 4.11. The van der Waals surface area contributed by atoms with Gasteiger partial charge in [-0.05, 0) is 59.7 Å². The maximum atomic E-state index is 11.1. The summed E-state index contributed by atoms with van der Waals surface area (Å²) in [7, 11) is 1.66. The first-order chi connectivity index (χ1) is 18.0. The van der Waals surface area contributed by atoms with Gasteiger partial charge in [-0.15, -0.1) is 17.3 Å². The predicted molar refractivity (Wildman–Crippen MR) is 146 cm³/mol. The van der Waals surface area contributed by atoms with E-state index in [1.165, 1.54) is 15.6 Å². The minimum Gasteiger partial charge on any atom is -0.491 e. The van der Waals surface area contributed by atoms with Gasteiger partial charge in [-0.1, -0.05) is 30.2 Å². The van der Waals surface area contributed by atoms with Crippen molar-refractivity contribution >= 4 is 27.4 Å². The molecule has 2 aromatic heterocycles. The molecule has 0 saturated carbocycles. The molecular formula is C30H29NO5S. The van der Waals surface area contributed by atoms with Crippen molar-refractivity contribution in [2.45, 2.75) is 32.8 Å². The van der Waals surface area contributed by atoms with E-state index in [4.69, 9.17) is 19.3 Å². The smallest absolute Gasteiger partial charge is 0.304 e. The number of aromatic nitrogens is 1. The van der Waals surface area contributed by atoms with Crippen LogP contribution in [-0.4, -0.2) is 36.4 Å². The first kappa shape index (κ1) is 26.2. The summed E-state index contributed by atoms with van der Waals surface area (Å²) in [6.07, 6.45) is 1.57. The van der Waals surface area contributed by atoms with Crippen molar-refractivity contribution in [1.82, 2.24) is 4.98 Å². The van der Waals surface area contributed by atoms with Crippen LogP contribution < -0.4 is 9.47 Å². The molecule has 2 aromatic carbocycles. The minimum absolute atomic E-state index is 0.0621. The molecule has 0 saturated heterocycles.